The zero-order chi connectivity index (χ0) is 14.1. The summed E-state index contributed by atoms with van der Waals surface area (Å²) in [6, 6.07) is 8.38. The van der Waals surface area contributed by atoms with Gasteiger partial charge in [0.05, 0.1) is 0 Å². The minimum absolute atomic E-state index is 0.244. The Kier molecular flexibility index (Phi) is 3.82. The largest absolute Gasteiger partial charge is 0.326 e. The number of rotatable bonds is 4. The fourth-order valence-corrected chi connectivity index (χ4v) is 3.93. The third kappa shape index (κ3) is 2.61. The van der Waals surface area contributed by atoms with E-state index < -0.39 is 0 Å². The monoisotopic (exact) mass is 271 g/mol. The summed E-state index contributed by atoms with van der Waals surface area (Å²) in [6.07, 6.45) is 6.15. The van der Waals surface area contributed by atoms with E-state index in [2.05, 4.69) is 31.3 Å². The number of hydrogen-bond acceptors (Lipinski definition) is 1. The molecule has 0 aromatic heterocycles. The molecule has 0 heterocycles. The smallest absolute Gasteiger partial charge is 0.227 e. The van der Waals surface area contributed by atoms with Crippen LogP contribution in [-0.2, 0) is 4.79 Å². The SMILES string of the molecule is CC[C@@H](C)c1ccc(NC(=O)[C@@H]2C[C@@H]3CC[C@@H]2C3)cc1. The van der Waals surface area contributed by atoms with Gasteiger partial charge in [-0.15, -0.1) is 0 Å². The van der Waals surface area contributed by atoms with Crippen LogP contribution >= 0.6 is 0 Å². The molecule has 2 aliphatic carbocycles. The van der Waals surface area contributed by atoms with E-state index in [0.29, 0.717) is 11.8 Å². The lowest BCUT2D eigenvalue weighted by Crippen LogP contribution is -2.27. The molecule has 1 aromatic carbocycles. The van der Waals surface area contributed by atoms with Crippen molar-refractivity contribution in [3.63, 3.8) is 0 Å². The fraction of sp³-hybridized carbons (Fsp3) is 0.611. The maximum absolute atomic E-state index is 12.4. The molecule has 108 valence electrons. The van der Waals surface area contributed by atoms with E-state index >= 15 is 0 Å². The lowest BCUT2D eigenvalue weighted by atomic mass is 9.88. The molecule has 1 amide bonds. The minimum atomic E-state index is 0.244. The maximum Gasteiger partial charge on any atom is 0.227 e. The molecule has 0 aliphatic heterocycles. The van der Waals surface area contributed by atoms with Crippen molar-refractivity contribution in [2.24, 2.45) is 17.8 Å². The Morgan fingerprint density at radius 2 is 2.00 bits per heavy atom. The molecule has 2 nitrogen and oxygen atoms in total. The number of carbonyl (C=O) groups excluding carboxylic acids is 1. The van der Waals surface area contributed by atoms with Crippen molar-refractivity contribution in [3.8, 4) is 0 Å². The van der Waals surface area contributed by atoms with Gasteiger partial charge in [0.1, 0.15) is 0 Å². The van der Waals surface area contributed by atoms with E-state index in [4.69, 9.17) is 0 Å². The van der Waals surface area contributed by atoms with Crippen molar-refractivity contribution in [1.82, 2.24) is 0 Å². The fourth-order valence-electron chi connectivity index (χ4n) is 3.93. The van der Waals surface area contributed by atoms with Crippen LogP contribution in [0.3, 0.4) is 0 Å². The van der Waals surface area contributed by atoms with Gasteiger partial charge in [0.25, 0.3) is 0 Å². The predicted molar refractivity (Wildman–Crippen MR) is 82.7 cm³/mol. The van der Waals surface area contributed by atoms with Crippen molar-refractivity contribution < 1.29 is 4.79 Å². The molecule has 1 aromatic rings. The average molecular weight is 271 g/mol. The van der Waals surface area contributed by atoms with Gasteiger partial charge in [0.15, 0.2) is 0 Å². The number of benzene rings is 1. The normalized spacial score (nSPS) is 29.4. The highest BCUT2D eigenvalue weighted by atomic mass is 16.1. The first-order valence-corrected chi connectivity index (χ1v) is 8.08. The Bertz CT molecular complexity index is 479. The number of hydrogen-bond donors (Lipinski definition) is 1. The molecule has 0 saturated heterocycles. The molecule has 2 bridgehead atoms. The summed E-state index contributed by atoms with van der Waals surface area (Å²) in [5.74, 6) is 2.57. The van der Waals surface area contributed by atoms with E-state index in [0.717, 1.165) is 24.4 Å². The maximum atomic E-state index is 12.4. The summed E-state index contributed by atoms with van der Waals surface area (Å²) in [4.78, 5) is 12.4. The van der Waals surface area contributed by atoms with Gasteiger partial charge in [0, 0.05) is 11.6 Å². The number of carbonyl (C=O) groups is 1. The highest BCUT2D eigenvalue weighted by molar-refractivity contribution is 5.93. The zero-order valence-electron chi connectivity index (χ0n) is 12.6. The third-order valence-corrected chi connectivity index (χ3v) is 5.43. The summed E-state index contributed by atoms with van der Waals surface area (Å²) < 4.78 is 0. The van der Waals surface area contributed by atoms with E-state index in [1.807, 2.05) is 12.1 Å². The Balaban J connectivity index is 1.61. The van der Waals surface area contributed by atoms with Crippen molar-refractivity contribution in [2.45, 2.75) is 51.9 Å². The summed E-state index contributed by atoms with van der Waals surface area (Å²) in [6.45, 7) is 4.44. The van der Waals surface area contributed by atoms with Gasteiger partial charge in [-0.25, -0.2) is 0 Å². The van der Waals surface area contributed by atoms with Crippen molar-refractivity contribution in [1.29, 1.82) is 0 Å². The highest BCUT2D eigenvalue weighted by Crippen LogP contribution is 2.48. The van der Waals surface area contributed by atoms with Gasteiger partial charge in [-0.2, -0.15) is 0 Å². The van der Waals surface area contributed by atoms with Crippen LogP contribution in [0, 0.1) is 17.8 Å². The Hall–Kier alpha value is -1.31. The van der Waals surface area contributed by atoms with Crippen LogP contribution in [0.5, 0.6) is 0 Å². The Morgan fingerprint density at radius 1 is 1.25 bits per heavy atom. The average Bonchev–Trinajstić information content (AvgIpc) is 3.10. The lowest BCUT2D eigenvalue weighted by Gasteiger charge is -2.21. The molecule has 2 heteroatoms. The first kappa shape index (κ1) is 13.7. The van der Waals surface area contributed by atoms with E-state index in [1.165, 1.54) is 24.8 Å². The first-order chi connectivity index (χ1) is 9.67. The van der Waals surface area contributed by atoms with E-state index in [-0.39, 0.29) is 11.8 Å². The van der Waals surface area contributed by atoms with Gasteiger partial charge in [-0.05, 0) is 61.1 Å². The molecule has 2 aliphatic rings. The zero-order valence-corrected chi connectivity index (χ0v) is 12.6. The molecule has 0 spiro atoms. The Labute approximate surface area is 122 Å². The van der Waals surface area contributed by atoms with Crippen LogP contribution in [-0.4, -0.2) is 5.91 Å². The summed E-state index contributed by atoms with van der Waals surface area (Å²) in [5, 5.41) is 3.11. The first-order valence-electron chi connectivity index (χ1n) is 8.08. The molecule has 2 saturated carbocycles. The quantitative estimate of drug-likeness (QED) is 0.853. The molecule has 0 unspecified atom stereocenters. The van der Waals surface area contributed by atoms with Gasteiger partial charge in [-0.1, -0.05) is 32.4 Å². The second kappa shape index (κ2) is 5.59. The number of fused-ring (bicyclic) bond motifs is 2. The molecule has 3 rings (SSSR count). The van der Waals surface area contributed by atoms with Crippen LogP contribution in [0.2, 0.25) is 0 Å². The number of amides is 1. The van der Waals surface area contributed by atoms with Crippen LogP contribution in [0.1, 0.15) is 57.4 Å². The molecule has 1 N–H and O–H groups in total. The standard InChI is InChI=1S/C18H25NO/c1-3-12(2)14-6-8-16(9-7-14)19-18(20)17-11-13-4-5-15(17)10-13/h6-9,12-13,15,17H,3-5,10-11H2,1-2H3,(H,19,20)/t12-,13-,15-,17-/m1/s1. The van der Waals surface area contributed by atoms with Crippen LogP contribution in [0.25, 0.3) is 0 Å². The molecule has 0 radical (unpaired) electrons. The summed E-state index contributed by atoms with van der Waals surface area (Å²) in [7, 11) is 0. The molecular weight excluding hydrogens is 246 g/mol. The number of nitrogens with one attached hydrogen (secondary N) is 1. The van der Waals surface area contributed by atoms with E-state index in [9.17, 15) is 4.79 Å². The third-order valence-electron chi connectivity index (χ3n) is 5.43. The minimum Gasteiger partial charge on any atom is -0.326 e. The van der Waals surface area contributed by atoms with Crippen LogP contribution in [0.15, 0.2) is 24.3 Å². The topological polar surface area (TPSA) is 29.1 Å². The predicted octanol–water partition coefficient (Wildman–Crippen LogP) is 4.57. The second-order valence-corrected chi connectivity index (χ2v) is 6.70. The Morgan fingerprint density at radius 3 is 2.55 bits per heavy atom. The molecule has 20 heavy (non-hydrogen) atoms. The van der Waals surface area contributed by atoms with Crippen molar-refractivity contribution >= 4 is 11.6 Å². The lowest BCUT2D eigenvalue weighted by molar-refractivity contribution is -0.121. The summed E-state index contributed by atoms with van der Waals surface area (Å²) >= 11 is 0. The molecule has 4 atom stereocenters. The molecular formula is C18H25NO. The number of anilines is 1. The summed E-state index contributed by atoms with van der Waals surface area (Å²) in [5.41, 5.74) is 2.30. The van der Waals surface area contributed by atoms with Crippen LogP contribution in [0.4, 0.5) is 5.69 Å². The van der Waals surface area contributed by atoms with E-state index in [1.54, 1.807) is 0 Å². The van der Waals surface area contributed by atoms with Gasteiger partial charge in [-0.3, -0.25) is 4.79 Å². The van der Waals surface area contributed by atoms with Crippen molar-refractivity contribution in [3.05, 3.63) is 29.8 Å². The van der Waals surface area contributed by atoms with Gasteiger partial charge < -0.3 is 5.32 Å². The van der Waals surface area contributed by atoms with Crippen LogP contribution < -0.4 is 5.32 Å². The van der Waals surface area contributed by atoms with Gasteiger partial charge >= 0.3 is 0 Å². The highest BCUT2D eigenvalue weighted by Gasteiger charge is 2.42. The van der Waals surface area contributed by atoms with Crippen molar-refractivity contribution in [2.75, 3.05) is 5.32 Å². The second-order valence-electron chi connectivity index (χ2n) is 6.70. The van der Waals surface area contributed by atoms with Gasteiger partial charge in [0.2, 0.25) is 5.91 Å². The molecule has 2 fully saturated rings.